The van der Waals surface area contributed by atoms with Crippen molar-refractivity contribution in [2.75, 3.05) is 0 Å². The van der Waals surface area contributed by atoms with Crippen molar-refractivity contribution in [2.45, 2.75) is 61.2 Å². The molecule has 0 nitrogen and oxygen atoms in total. The fraction of sp³-hybridized carbons (Fsp3) is 0.282. The highest BCUT2D eigenvalue weighted by atomic mass is 32.1. The summed E-state index contributed by atoms with van der Waals surface area (Å²) < 4.78 is 0. The molecule has 4 bridgehead atoms. The summed E-state index contributed by atoms with van der Waals surface area (Å²) in [6, 6.07) is 39.1. The molecule has 0 saturated heterocycles. The highest BCUT2D eigenvalue weighted by Gasteiger charge is 2.69. The van der Waals surface area contributed by atoms with Crippen LogP contribution in [0.15, 0.2) is 139 Å². The minimum Gasteiger partial charge on any atom is -0.140 e. The monoisotopic (exact) mass is 536 g/mol. The van der Waals surface area contributed by atoms with Crippen LogP contribution in [0, 0.1) is 5.41 Å². The lowest BCUT2D eigenvalue weighted by Gasteiger charge is -2.71. The topological polar surface area (TPSA) is 0 Å². The molecular weight excluding hydrogens is 500 g/mol. The summed E-state index contributed by atoms with van der Waals surface area (Å²) >= 11 is 2.06. The minimum absolute atomic E-state index is 0.155. The van der Waals surface area contributed by atoms with Crippen LogP contribution in [-0.2, 0) is 16.2 Å². The van der Waals surface area contributed by atoms with Gasteiger partial charge in [-0.25, -0.2) is 0 Å². The van der Waals surface area contributed by atoms with E-state index in [1.165, 1.54) is 49.0 Å². The molecule has 1 aromatic heterocycles. The van der Waals surface area contributed by atoms with E-state index < -0.39 is 0 Å². The van der Waals surface area contributed by atoms with Crippen LogP contribution in [0.1, 0.15) is 60.9 Å². The van der Waals surface area contributed by atoms with E-state index in [1.54, 1.807) is 21.6 Å². The van der Waals surface area contributed by atoms with Crippen LogP contribution in [0.25, 0.3) is 10.4 Å². The standard InChI is InChI=1S/C39H36S/c1-2-9-17-31(16-8-1)36-24-37(32-18-10-4-11-19-32)26-38(25-36,33-20-12-5-13-21-33)29-39(27-36,28-37)35-23-22-34(40-35)30-14-6-3-7-15-30/h1,3-23H,2,24-29H2. The molecule has 0 radical (unpaired) electrons. The van der Waals surface area contributed by atoms with Crippen molar-refractivity contribution >= 4 is 11.3 Å². The van der Waals surface area contributed by atoms with Gasteiger partial charge in [0.2, 0.25) is 0 Å². The smallest absolute Gasteiger partial charge is 0.0345 e. The van der Waals surface area contributed by atoms with E-state index in [0.29, 0.717) is 0 Å². The Morgan fingerprint density at radius 2 is 1.05 bits per heavy atom. The lowest BCUT2D eigenvalue weighted by atomic mass is 9.32. The van der Waals surface area contributed by atoms with Crippen molar-refractivity contribution in [1.29, 1.82) is 0 Å². The number of thiophene rings is 1. The van der Waals surface area contributed by atoms with Crippen LogP contribution in [0.2, 0.25) is 0 Å². The molecule has 9 rings (SSSR count). The second kappa shape index (κ2) is 9.05. The molecule has 0 N–H and O–H groups in total. The molecule has 4 aromatic rings. The maximum atomic E-state index is 2.50. The van der Waals surface area contributed by atoms with Crippen LogP contribution in [-0.4, -0.2) is 0 Å². The molecule has 2 unspecified atom stereocenters. The van der Waals surface area contributed by atoms with E-state index in [2.05, 4.69) is 145 Å². The first-order valence-electron chi connectivity index (χ1n) is 14.9. The highest BCUT2D eigenvalue weighted by molar-refractivity contribution is 7.15. The van der Waals surface area contributed by atoms with Gasteiger partial charge in [-0.1, -0.05) is 121 Å². The van der Waals surface area contributed by atoms with E-state index in [4.69, 9.17) is 0 Å². The minimum atomic E-state index is 0.155. The molecule has 0 spiro atoms. The summed E-state index contributed by atoms with van der Waals surface area (Å²) in [5, 5.41) is 0. The number of allylic oxidation sites excluding steroid dienone is 6. The SMILES string of the molecule is C1=CCC=CC(C23CC4(c5ccccc5)CC(c5ccccc5)(C2)CC(c2ccc(-c5ccccc5)s2)(C3)C4)=C1. The van der Waals surface area contributed by atoms with Gasteiger partial charge >= 0.3 is 0 Å². The maximum absolute atomic E-state index is 2.50. The Morgan fingerprint density at radius 3 is 1.70 bits per heavy atom. The lowest BCUT2D eigenvalue weighted by molar-refractivity contribution is -0.0873. The summed E-state index contributed by atoms with van der Waals surface area (Å²) in [4.78, 5) is 3.00. The van der Waals surface area contributed by atoms with Crippen molar-refractivity contribution in [2.24, 2.45) is 5.41 Å². The van der Waals surface area contributed by atoms with Crippen molar-refractivity contribution in [3.63, 3.8) is 0 Å². The van der Waals surface area contributed by atoms with E-state index in [-0.39, 0.29) is 21.7 Å². The zero-order valence-electron chi connectivity index (χ0n) is 23.1. The van der Waals surface area contributed by atoms with Gasteiger partial charge in [0.25, 0.3) is 0 Å². The molecular formula is C39H36S. The summed E-state index contributed by atoms with van der Waals surface area (Å²) in [5.74, 6) is 0. The molecule has 0 aliphatic heterocycles. The van der Waals surface area contributed by atoms with Gasteiger partial charge in [-0.15, -0.1) is 11.3 Å². The summed E-state index contributed by atoms with van der Waals surface area (Å²) in [6.07, 6.45) is 20.5. The van der Waals surface area contributed by atoms with Gasteiger partial charge in [0.1, 0.15) is 0 Å². The van der Waals surface area contributed by atoms with Crippen LogP contribution in [0.5, 0.6) is 0 Å². The fourth-order valence-electron chi connectivity index (χ4n) is 9.71. The average Bonchev–Trinajstić information content (AvgIpc) is 3.34. The number of rotatable bonds is 5. The van der Waals surface area contributed by atoms with Crippen LogP contribution in [0.4, 0.5) is 0 Å². The van der Waals surface area contributed by atoms with E-state index in [9.17, 15) is 0 Å². The third kappa shape index (κ3) is 3.71. The van der Waals surface area contributed by atoms with Gasteiger partial charge < -0.3 is 0 Å². The summed E-state index contributed by atoms with van der Waals surface area (Å²) in [5.41, 5.74) is 6.64. The molecule has 4 saturated carbocycles. The van der Waals surface area contributed by atoms with E-state index in [0.717, 1.165) is 6.42 Å². The molecule has 1 heterocycles. The number of hydrogen-bond donors (Lipinski definition) is 0. The second-order valence-corrected chi connectivity index (χ2v) is 14.2. The molecule has 5 aliphatic carbocycles. The largest absolute Gasteiger partial charge is 0.140 e. The molecule has 1 heteroatoms. The van der Waals surface area contributed by atoms with Gasteiger partial charge in [-0.3, -0.25) is 0 Å². The fourth-order valence-corrected chi connectivity index (χ4v) is 10.9. The zero-order valence-corrected chi connectivity index (χ0v) is 23.9. The Morgan fingerprint density at radius 1 is 0.500 bits per heavy atom. The Balaban J connectivity index is 1.37. The van der Waals surface area contributed by atoms with Crippen LogP contribution < -0.4 is 0 Å². The first-order chi connectivity index (χ1) is 19.6. The number of hydrogen-bond acceptors (Lipinski definition) is 1. The van der Waals surface area contributed by atoms with Crippen molar-refractivity contribution in [1.82, 2.24) is 0 Å². The third-order valence-electron chi connectivity index (χ3n) is 10.6. The van der Waals surface area contributed by atoms with Crippen molar-refractivity contribution in [3.8, 4) is 10.4 Å². The molecule has 198 valence electrons. The molecule has 3 aromatic carbocycles. The average molecular weight is 537 g/mol. The first-order valence-corrected chi connectivity index (χ1v) is 15.8. The van der Waals surface area contributed by atoms with Gasteiger partial charge in [-0.2, -0.15) is 0 Å². The Labute approximate surface area is 242 Å². The molecule has 4 fully saturated rings. The lowest BCUT2D eigenvalue weighted by Crippen LogP contribution is -2.65. The van der Waals surface area contributed by atoms with Gasteiger partial charge in [0.15, 0.2) is 0 Å². The molecule has 2 atom stereocenters. The highest BCUT2D eigenvalue weighted by Crippen LogP contribution is 2.76. The maximum Gasteiger partial charge on any atom is 0.0345 e. The van der Waals surface area contributed by atoms with Crippen LogP contribution in [0.3, 0.4) is 0 Å². The summed E-state index contributed by atoms with van der Waals surface area (Å²) in [7, 11) is 0. The summed E-state index contributed by atoms with van der Waals surface area (Å²) in [6.45, 7) is 0. The predicted octanol–water partition coefficient (Wildman–Crippen LogP) is 10.3. The Hall–Kier alpha value is -3.42. The quantitative estimate of drug-likeness (QED) is 0.238. The van der Waals surface area contributed by atoms with Gasteiger partial charge in [0.05, 0.1) is 0 Å². The first kappa shape index (κ1) is 24.4. The predicted molar refractivity (Wildman–Crippen MR) is 169 cm³/mol. The van der Waals surface area contributed by atoms with E-state index >= 15 is 0 Å². The third-order valence-corrected chi connectivity index (χ3v) is 12.0. The van der Waals surface area contributed by atoms with Gasteiger partial charge in [0, 0.05) is 15.2 Å². The normalized spacial score (nSPS) is 32.1. The molecule has 40 heavy (non-hydrogen) atoms. The number of benzene rings is 3. The Bertz CT molecular complexity index is 1560. The molecule has 0 amide bonds. The van der Waals surface area contributed by atoms with E-state index in [1.807, 2.05) is 0 Å². The molecule has 5 aliphatic rings. The van der Waals surface area contributed by atoms with Crippen LogP contribution >= 0.6 is 11.3 Å². The van der Waals surface area contributed by atoms with Crippen molar-refractivity contribution in [3.05, 3.63) is 155 Å². The van der Waals surface area contributed by atoms with Crippen molar-refractivity contribution < 1.29 is 0 Å². The van der Waals surface area contributed by atoms with Gasteiger partial charge in [-0.05, 0) is 95.6 Å². The second-order valence-electron chi connectivity index (χ2n) is 13.1. The zero-order chi connectivity index (χ0) is 26.7. The Kier molecular flexibility index (Phi) is 5.51.